The molecule has 2 aromatic rings. The normalized spacial score (nSPS) is 14.5. The fourth-order valence-corrected chi connectivity index (χ4v) is 5.22. The maximum Gasteiger partial charge on any atom is 0.174 e. The fourth-order valence-electron chi connectivity index (χ4n) is 1.81. The lowest BCUT2D eigenvalue weighted by Crippen LogP contribution is -2.07. The smallest absolute Gasteiger partial charge is 0.0795 e. The molecule has 0 unspecified atom stereocenters. The summed E-state index contributed by atoms with van der Waals surface area (Å²) in [5.74, 6) is 0. The van der Waals surface area contributed by atoms with Crippen molar-refractivity contribution in [1.82, 2.24) is 0 Å². The zero-order chi connectivity index (χ0) is 10.3. The molecule has 15 heavy (non-hydrogen) atoms. The van der Waals surface area contributed by atoms with Gasteiger partial charge in [-0.1, -0.05) is 36.0 Å². The van der Waals surface area contributed by atoms with Gasteiger partial charge < -0.3 is 0 Å². The van der Waals surface area contributed by atoms with Crippen molar-refractivity contribution in [3.63, 3.8) is 0 Å². The lowest BCUT2D eigenvalue weighted by molar-refractivity contribution is 1.14. The predicted octanol–water partition coefficient (Wildman–Crippen LogP) is 3.82. The number of rotatable bonds is 0. The SMILES string of the molecule is C[S+]1c2ccccc2Sc2ccccc21. The second-order valence-electron chi connectivity index (χ2n) is 3.51. The second-order valence-corrected chi connectivity index (χ2v) is 6.49. The van der Waals surface area contributed by atoms with Crippen LogP contribution >= 0.6 is 11.8 Å². The standard InChI is InChI=1S/C13H11S2/c1-15-12-8-4-2-6-10(12)14-11-7-3-5-9-13(11)15/h2-9H,1H3/q+1. The van der Waals surface area contributed by atoms with Crippen LogP contribution in [0.15, 0.2) is 68.1 Å². The Hall–Kier alpha value is -0.860. The summed E-state index contributed by atoms with van der Waals surface area (Å²) in [6.07, 6.45) is 2.32. The van der Waals surface area contributed by atoms with Crippen LogP contribution in [-0.2, 0) is 10.9 Å². The van der Waals surface area contributed by atoms with Crippen LogP contribution in [0.2, 0.25) is 0 Å². The Labute approximate surface area is 97.1 Å². The van der Waals surface area contributed by atoms with Gasteiger partial charge in [-0.3, -0.25) is 0 Å². The van der Waals surface area contributed by atoms with Crippen molar-refractivity contribution in [3.8, 4) is 0 Å². The average Bonchev–Trinajstić information content (AvgIpc) is 2.30. The van der Waals surface area contributed by atoms with E-state index < -0.39 is 0 Å². The highest BCUT2D eigenvalue weighted by Crippen LogP contribution is 2.44. The minimum atomic E-state index is 0.239. The molecule has 1 heterocycles. The third-order valence-corrected chi connectivity index (χ3v) is 6.02. The summed E-state index contributed by atoms with van der Waals surface area (Å²) in [6.45, 7) is 0. The highest BCUT2D eigenvalue weighted by molar-refractivity contribution is 8.03. The first-order valence-corrected chi connectivity index (χ1v) is 7.33. The molecule has 3 rings (SSSR count). The molecule has 0 fully saturated rings. The molecule has 0 aliphatic carbocycles. The topological polar surface area (TPSA) is 0 Å². The molecule has 0 aromatic heterocycles. The monoisotopic (exact) mass is 231 g/mol. The number of benzene rings is 2. The van der Waals surface area contributed by atoms with Gasteiger partial charge in [-0.15, -0.1) is 0 Å². The minimum Gasteiger partial charge on any atom is -0.0795 e. The van der Waals surface area contributed by atoms with E-state index in [0.29, 0.717) is 0 Å². The van der Waals surface area contributed by atoms with Crippen LogP contribution in [-0.4, -0.2) is 6.26 Å². The molecule has 2 heteroatoms. The molecule has 1 aliphatic rings. The fraction of sp³-hybridized carbons (Fsp3) is 0.0769. The summed E-state index contributed by atoms with van der Waals surface area (Å²) in [5.41, 5.74) is 0. The molecule has 0 saturated heterocycles. The van der Waals surface area contributed by atoms with Crippen molar-refractivity contribution in [3.05, 3.63) is 48.5 Å². The Bertz CT molecular complexity index is 460. The Kier molecular flexibility index (Phi) is 2.26. The third-order valence-electron chi connectivity index (χ3n) is 2.58. The molecule has 0 saturated carbocycles. The quantitative estimate of drug-likeness (QED) is 0.621. The van der Waals surface area contributed by atoms with Crippen LogP contribution in [0.4, 0.5) is 0 Å². The van der Waals surface area contributed by atoms with Crippen LogP contribution < -0.4 is 0 Å². The van der Waals surface area contributed by atoms with Crippen molar-refractivity contribution < 1.29 is 0 Å². The number of hydrogen-bond donors (Lipinski definition) is 0. The van der Waals surface area contributed by atoms with Gasteiger partial charge in [-0.25, -0.2) is 0 Å². The molecule has 0 spiro atoms. The zero-order valence-electron chi connectivity index (χ0n) is 8.44. The molecule has 0 N–H and O–H groups in total. The van der Waals surface area contributed by atoms with E-state index >= 15 is 0 Å². The lowest BCUT2D eigenvalue weighted by Gasteiger charge is -2.15. The summed E-state index contributed by atoms with van der Waals surface area (Å²) in [6, 6.07) is 17.5. The van der Waals surface area contributed by atoms with Crippen molar-refractivity contribution >= 4 is 22.7 Å². The third kappa shape index (κ3) is 1.48. The van der Waals surface area contributed by atoms with Crippen molar-refractivity contribution in [1.29, 1.82) is 0 Å². The summed E-state index contributed by atoms with van der Waals surface area (Å²) in [7, 11) is 0.239. The molecule has 0 nitrogen and oxygen atoms in total. The molecule has 0 amide bonds. The molecule has 0 bridgehead atoms. The van der Waals surface area contributed by atoms with Gasteiger partial charge in [-0.05, 0) is 24.3 Å². The van der Waals surface area contributed by atoms with E-state index in [9.17, 15) is 0 Å². The Morgan fingerprint density at radius 2 is 1.27 bits per heavy atom. The maximum atomic E-state index is 2.32. The van der Waals surface area contributed by atoms with Crippen LogP contribution in [0.3, 0.4) is 0 Å². The van der Waals surface area contributed by atoms with Crippen LogP contribution in [0.25, 0.3) is 0 Å². The van der Waals surface area contributed by atoms with Crippen LogP contribution in [0, 0.1) is 0 Å². The first kappa shape index (κ1) is 9.37. The number of hydrogen-bond acceptors (Lipinski definition) is 1. The van der Waals surface area contributed by atoms with Crippen LogP contribution in [0.5, 0.6) is 0 Å². The van der Waals surface area contributed by atoms with E-state index in [2.05, 4.69) is 54.8 Å². The van der Waals surface area contributed by atoms with Gasteiger partial charge in [0.2, 0.25) is 0 Å². The lowest BCUT2D eigenvalue weighted by atomic mass is 10.3. The molecule has 2 aromatic carbocycles. The second kappa shape index (κ2) is 3.62. The molecule has 1 aliphatic heterocycles. The van der Waals surface area contributed by atoms with Gasteiger partial charge in [0.1, 0.15) is 6.26 Å². The number of fused-ring (bicyclic) bond motifs is 2. The van der Waals surface area contributed by atoms with E-state index in [0.717, 1.165) is 0 Å². The first-order valence-electron chi connectivity index (χ1n) is 4.88. The van der Waals surface area contributed by atoms with E-state index in [-0.39, 0.29) is 10.9 Å². The average molecular weight is 231 g/mol. The Morgan fingerprint density at radius 3 is 1.80 bits per heavy atom. The predicted molar refractivity (Wildman–Crippen MR) is 66.8 cm³/mol. The van der Waals surface area contributed by atoms with Crippen molar-refractivity contribution in [2.24, 2.45) is 0 Å². The van der Waals surface area contributed by atoms with Crippen molar-refractivity contribution in [2.75, 3.05) is 6.26 Å². The largest absolute Gasteiger partial charge is 0.174 e. The van der Waals surface area contributed by atoms with Crippen molar-refractivity contribution in [2.45, 2.75) is 19.6 Å². The van der Waals surface area contributed by atoms with Crippen LogP contribution in [0.1, 0.15) is 0 Å². The summed E-state index contributed by atoms with van der Waals surface area (Å²) in [4.78, 5) is 5.81. The minimum absolute atomic E-state index is 0.239. The highest BCUT2D eigenvalue weighted by atomic mass is 32.2. The van der Waals surface area contributed by atoms with Gasteiger partial charge >= 0.3 is 0 Å². The Morgan fingerprint density at radius 1 is 0.800 bits per heavy atom. The summed E-state index contributed by atoms with van der Waals surface area (Å²) in [5, 5.41) is 0. The summed E-state index contributed by atoms with van der Waals surface area (Å²) < 4.78 is 0. The molecular formula is C13H11S2+. The van der Waals surface area contributed by atoms with Gasteiger partial charge in [0.25, 0.3) is 0 Å². The molecule has 0 atom stereocenters. The molecular weight excluding hydrogens is 220 g/mol. The van der Waals surface area contributed by atoms with E-state index in [4.69, 9.17) is 0 Å². The van der Waals surface area contributed by atoms with Gasteiger partial charge in [-0.2, -0.15) is 0 Å². The van der Waals surface area contributed by atoms with E-state index in [1.807, 2.05) is 11.8 Å². The maximum absolute atomic E-state index is 2.32. The summed E-state index contributed by atoms with van der Waals surface area (Å²) >= 11 is 1.89. The van der Waals surface area contributed by atoms with E-state index in [1.165, 1.54) is 19.6 Å². The zero-order valence-corrected chi connectivity index (χ0v) is 10.1. The van der Waals surface area contributed by atoms with Gasteiger partial charge in [0.05, 0.1) is 20.7 Å². The first-order chi connectivity index (χ1) is 7.36. The molecule has 74 valence electrons. The van der Waals surface area contributed by atoms with E-state index in [1.54, 1.807) is 0 Å². The Balaban J connectivity index is 2.20. The van der Waals surface area contributed by atoms with Gasteiger partial charge in [0.15, 0.2) is 9.79 Å². The molecule has 0 radical (unpaired) electrons. The highest BCUT2D eigenvalue weighted by Gasteiger charge is 2.30. The van der Waals surface area contributed by atoms with Gasteiger partial charge in [0, 0.05) is 0 Å².